The van der Waals surface area contributed by atoms with Gasteiger partial charge >= 0.3 is 0 Å². The lowest BCUT2D eigenvalue weighted by Crippen LogP contribution is -2.33. The Morgan fingerprint density at radius 3 is 1.09 bits per heavy atom. The molecule has 28 rings (SSSR count). The van der Waals surface area contributed by atoms with Crippen molar-refractivity contribution in [2.75, 3.05) is 0 Å². The first-order valence-electron chi connectivity index (χ1n) is 44.9. The molecule has 0 fully saturated rings. The number of para-hydroxylation sites is 4. The second kappa shape index (κ2) is 28.5. The minimum absolute atomic E-state index is 0.475. The molecule has 4 aromatic heterocycles. The average Bonchev–Trinajstić information content (AvgIpc) is 1.48. The summed E-state index contributed by atoms with van der Waals surface area (Å²) in [5.74, 6) is 5.61. The van der Waals surface area contributed by atoms with Crippen LogP contribution in [0.3, 0.4) is 0 Å². The van der Waals surface area contributed by atoms with Gasteiger partial charge in [-0.25, -0.2) is 24.9 Å². The molecular weight excluding hydrogens is 1610 g/mol. The number of benzene rings is 20. The molecule has 2 spiro atoms. The molecule has 0 bridgehead atoms. The third kappa shape index (κ3) is 10.8. The predicted molar refractivity (Wildman–Crippen MR) is 532 cm³/mol. The van der Waals surface area contributed by atoms with E-state index in [1.165, 1.54) is 44.5 Å². The number of hydrogen-bond donors (Lipinski definition) is 0. The molecule has 6 heterocycles. The number of aromatic nitrogens is 5. The molecule has 612 valence electrons. The van der Waals surface area contributed by atoms with Crippen LogP contribution in [0.25, 0.3) is 211 Å². The van der Waals surface area contributed by atoms with E-state index in [4.69, 9.17) is 43.2 Å². The molecule has 24 aromatic rings. The van der Waals surface area contributed by atoms with E-state index in [1.54, 1.807) is 0 Å². The van der Waals surface area contributed by atoms with Crippen LogP contribution in [0.5, 0.6) is 23.0 Å². The largest absolute Gasteiger partial charge is 0.456 e. The summed E-state index contributed by atoms with van der Waals surface area (Å²) in [4.78, 5) is 27.4. The molecule has 9 nitrogen and oxygen atoms in total. The van der Waals surface area contributed by atoms with Crippen LogP contribution >= 0.6 is 0 Å². The molecule has 0 amide bonds. The highest BCUT2D eigenvalue weighted by Crippen LogP contribution is 2.68. The van der Waals surface area contributed by atoms with Crippen molar-refractivity contribution >= 4 is 76.2 Å². The maximum absolute atomic E-state index is 7.37. The van der Waals surface area contributed by atoms with Crippen LogP contribution in [-0.2, 0) is 10.8 Å². The number of ether oxygens (including phenoxy) is 2. The van der Waals surface area contributed by atoms with Gasteiger partial charge < -0.3 is 18.3 Å². The number of rotatable bonds is 10. The number of furan rings is 2. The highest BCUT2D eigenvalue weighted by Gasteiger charge is 2.55. The van der Waals surface area contributed by atoms with Gasteiger partial charge in [0.1, 0.15) is 45.3 Å². The van der Waals surface area contributed by atoms with Crippen molar-refractivity contribution in [3.63, 3.8) is 0 Å². The lowest BCUT2D eigenvalue weighted by molar-refractivity contribution is 0.442. The van der Waals surface area contributed by atoms with Gasteiger partial charge in [0.2, 0.25) is 0 Å². The van der Waals surface area contributed by atoms with Crippen LogP contribution in [0.1, 0.15) is 44.5 Å². The van der Waals surface area contributed by atoms with Gasteiger partial charge in [-0.3, -0.25) is 0 Å². The van der Waals surface area contributed by atoms with Gasteiger partial charge in [0.05, 0.1) is 27.8 Å². The lowest BCUT2D eigenvalue weighted by Gasteiger charge is -2.41. The molecule has 0 saturated carbocycles. The molecule has 132 heavy (non-hydrogen) atoms. The predicted octanol–water partition coefficient (Wildman–Crippen LogP) is 31.5. The van der Waals surface area contributed by atoms with E-state index >= 15 is 0 Å². The topological polar surface area (TPSA) is 109 Å². The molecule has 4 aliphatic rings. The highest BCUT2D eigenvalue weighted by atomic mass is 16.5. The van der Waals surface area contributed by atoms with Crippen molar-refractivity contribution in [3.8, 4) is 158 Å². The Morgan fingerprint density at radius 2 is 0.545 bits per heavy atom. The quantitative estimate of drug-likeness (QED) is 0.132. The number of fused-ring (bicyclic) bond motifs is 30. The summed E-state index contributed by atoms with van der Waals surface area (Å²) in [5, 5.41) is 10.7. The zero-order chi connectivity index (χ0) is 86.4. The van der Waals surface area contributed by atoms with Gasteiger partial charge in [0.25, 0.3) is 0 Å². The Hall–Kier alpha value is -17.5. The zero-order valence-electron chi connectivity index (χ0n) is 70.9. The second-order valence-corrected chi connectivity index (χ2v) is 35.0. The third-order valence-electron chi connectivity index (χ3n) is 28.1. The summed E-state index contributed by atoms with van der Waals surface area (Å²) >= 11 is 0. The fourth-order valence-electron chi connectivity index (χ4n) is 22.2. The summed E-state index contributed by atoms with van der Waals surface area (Å²) in [7, 11) is 0. The Labute approximate surface area is 758 Å². The van der Waals surface area contributed by atoms with Crippen LogP contribution in [0.2, 0.25) is 0 Å². The third-order valence-corrected chi connectivity index (χ3v) is 28.1. The smallest absolute Gasteiger partial charge is 0.167 e. The van der Waals surface area contributed by atoms with Crippen LogP contribution in [0.4, 0.5) is 0 Å². The van der Waals surface area contributed by atoms with Gasteiger partial charge in [-0.05, 0) is 136 Å². The molecule has 0 N–H and O–H groups in total. The minimum atomic E-state index is -0.756. The van der Waals surface area contributed by atoms with Crippen molar-refractivity contribution in [2.45, 2.75) is 10.8 Å². The number of hydrogen-bond acceptors (Lipinski definition) is 9. The maximum Gasteiger partial charge on any atom is 0.167 e. The normalized spacial score (nSPS) is 14.0. The van der Waals surface area contributed by atoms with Crippen molar-refractivity contribution < 1.29 is 18.3 Å². The van der Waals surface area contributed by atoms with E-state index in [9.17, 15) is 0 Å². The van der Waals surface area contributed by atoms with Gasteiger partial charge in [0.15, 0.2) is 23.3 Å². The van der Waals surface area contributed by atoms with E-state index in [0.29, 0.717) is 28.9 Å². The van der Waals surface area contributed by atoms with Gasteiger partial charge in [-0.1, -0.05) is 394 Å². The van der Waals surface area contributed by atoms with Crippen LogP contribution in [0, 0.1) is 0 Å². The van der Waals surface area contributed by atoms with Crippen molar-refractivity contribution in [1.82, 2.24) is 24.9 Å². The molecule has 2 aliphatic heterocycles. The summed E-state index contributed by atoms with van der Waals surface area (Å²) < 4.78 is 28.0. The molecule has 1 unspecified atom stereocenters. The summed E-state index contributed by atoms with van der Waals surface area (Å²) in [5.41, 5.74) is 30.9. The molecule has 0 radical (unpaired) electrons. The van der Waals surface area contributed by atoms with E-state index in [-0.39, 0.29) is 0 Å². The van der Waals surface area contributed by atoms with Crippen LogP contribution in [-0.4, -0.2) is 24.9 Å². The second-order valence-electron chi connectivity index (χ2n) is 35.0. The monoisotopic (exact) mass is 1680 g/mol. The van der Waals surface area contributed by atoms with Crippen molar-refractivity contribution in [3.05, 3.63) is 475 Å². The fourth-order valence-corrected chi connectivity index (χ4v) is 22.2. The zero-order valence-corrected chi connectivity index (χ0v) is 70.9. The van der Waals surface area contributed by atoms with Crippen LogP contribution < -0.4 is 9.47 Å². The average molecular weight is 1680 g/mol. The molecule has 2 aliphatic carbocycles. The molecule has 1 atom stereocenters. The number of nitrogens with zero attached hydrogens (tertiary/aromatic N) is 5. The van der Waals surface area contributed by atoms with Gasteiger partial charge in [0, 0.05) is 93.3 Å². The van der Waals surface area contributed by atoms with E-state index in [2.05, 4.69) is 388 Å². The Bertz CT molecular complexity index is 8940. The molecule has 9 heteroatoms. The summed E-state index contributed by atoms with van der Waals surface area (Å²) in [6.07, 6.45) is 0. The van der Waals surface area contributed by atoms with Gasteiger partial charge in [-0.15, -0.1) is 0 Å². The van der Waals surface area contributed by atoms with E-state index in [1.807, 2.05) is 42.5 Å². The molecular formula is C123H71N5O4. The highest BCUT2D eigenvalue weighted by molar-refractivity contribution is 6.13. The molecule has 0 saturated heterocycles. The van der Waals surface area contributed by atoms with Gasteiger partial charge in [-0.2, -0.15) is 0 Å². The molecule has 20 aromatic carbocycles. The Morgan fingerprint density at radius 1 is 0.182 bits per heavy atom. The first kappa shape index (κ1) is 73.6. The standard InChI is InChI=1S/C123H71N5O4/c1-2-26-81(27-3-1)119-126-120(83-61-53-77(54-62-83)86-36-21-39-96-92-32-11-15-42-101(92)123(112(86)96)104-67-64-74-24-5-8-29-89(74)116(104)132-117-90-30-9-6-25-75(90)65-68-105(117)123)128-121(127-119)99-70-84(69-98-94-34-13-18-45-109(94)130-114(98)99)72-47-55-79(56-48-72)106-71-107(80-57-49-78(50-58-80)87-37-22-40-97-93-33-12-17-44-108(93)129-113(87)97)125-118(124-106)82-59-51-76(52-60-82)85-35-20-38-95-91-31-10-14-41-100(91)122(111(85)95)102-43-16-19-46-110(102)131-115-88-28-7-4-23-73(88)63-66-103(115)122/h1-71H. The minimum Gasteiger partial charge on any atom is -0.456 e. The first-order valence-corrected chi connectivity index (χ1v) is 44.9. The van der Waals surface area contributed by atoms with E-state index < -0.39 is 10.8 Å². The first-order chi connectivity index (χ1) is 65.4. The van der Waals surface area contributed by atoms with E-state index in [0.717, 1.165) is 205 Å². The summed E-state index contributed by atoms with van der Waals surface area (Å²) in [6.45, 7) is 0. The maximum atomic E-state index is 7.37. The van der Waals surface area contributed by atoms with Crippen molar-refractivity contribution in [2.24, 2.45) is 0 Å². The Balaban J connectivity index is 0.564. The summed E-state index contributed by atoms with van der Waals surface area (Å²) in [6, 6.07) is 154. The Kier molecular flexibility index (Phi) is 15.9. The lowest BCUT2D eigenvalue weighted by atomic mass is 9.64. The van der Waals surface area contributed by atoms with Crippen LogP contribution in [0.15, 0.2) is 440 Å². The fraction of sp³-hybridized carbons (Fsp3) is 0.0163. The van der Waals surface area contributed by atoms with Crippen molar-refractivity contribution in [1.29, 1.82) is 0 Å². The SMILES string of the molecule is c1ccc(-c2nc(-c3ccc(-c4cccc5c4C4(c6ccccc6-5)c5ccc6ccccc6c5Oc5c4ccc4ccccc54)cc3)nc(-c3cc(-c4ccc(-c5cc(-c6ccc(-c7cccc8c7oc7ccccc78)cc6)nc(-c6ccc(-c7cccc8c7C7(c9ccccc9Oc9c7ccc7ccccc97)c7ccccc7-8)cc6)n5)cc4)cc4c3oc3ccccc34)n2)cc1.